The van der Waals surface area contributed by atoms with Crippen molar-refractivity contribution >= 4 is 12.0 Å². The minimum absolute atomic E-state index is 0.182. The molecule has 0 spiro atoms. The van der Waals surface area contributed by atoms with Crippen LogP contribution in [0.1, 0.15) is 24.0 Å². The fourth-order valence-electron chi connectivity index (χ4n) is 4.68. The van der Waals surface area contributed by atoms with Gasteiger partial charge in [0.25, 0.3) is 0 Å². The molecule has 0 saturated carbocycles. The number of piperidine rings is 1. The SMILES string of the molecule is COc1cccc(CN2CCC(C(=O)N3CCN(C/C=C/c4ccccc4)CC3)CC2)c1. The fraction of sp³-hybridized carbons (Fsp3) is 0.444. The predicted octanol–water partition coefficient (Wildman–Crippen LogP) is 3.76. The van der Waals surface area contributed by atoms with Crippen molar-refractivity contribution in [1.82, 2.24) is 14.7 Å². The van der Waals surface area contributed by atoms with Crippen LogP contribution in [0.5, 0.6) is 5.75 Å². The molecule has 2 aromatic rings. The van der Waals surface area contributed by atoms with Gasteiger partial charge in [-0.05, 0) is 49.2 Å². The van der Waals surface area contributed by atoms with Gasteiger partial charge in [0.2, 0.25) is 5.91 Å². The summed E-state index contributed by atoms with van der Waals surface area (Å²) in [6.45, 7) is 7.45. The van der Waals surface area contributed by atoms with Crippen LogP contribution >= 0.6 is 0 Å². The predicted molar refractivity (Wildman–Crippen MR) is 129 cm³/mol. The van der Waals surface area contributed by atoms with Gasteiger partial charge in [-0.15, -0.1) is 0 Å². The number of carbonyl (C=O) groups excluding carboxylic acids is 1. The zero-order valence-corrected chi connectivity index (χ0v) is 19.2. The number of likely N-dealkylation sites (tertiary alicyclic amines) is 1. The molecule has 32 heavy (non-hydrogen) atoms. The Labute approximate surface area is 192 Å². The Morgan fingerprint density at radius 1 is 0.938 bits per heavy atom. The largest absolute Gasteiger partial charge is 0.497 e. The Morgan fingerprint density at radius 2 is 1.69 bits per heavy atom. The first kappa shape index (κ1) is 22.6. The summed E-state index contributed by atoms with van der Waals surface area (Å²) >= 11 is 0. The van der Waals surface area contributed by atoms with Gasteiger partial charge in [0.15, 0.2) is 0 Å². The number of amides is 1. The highest BCUT2D eigenvalue weighted by Gasteiger charge is 2.30. The first-order valence-electron chi connectivity index (χ1n) is 11.8. The van der Waals surface area contributed by atoms with Crippen LogP contribution in [0.3, 0.4) is 0 Å². The van der Waals surface area contributed by atoms with E-state index in [9.17, 15) is 4.79 Å². The maximum Gasteiger partial charge on any atom is 0.225 e. The monoisotopic (exact) mass is 433 g/mol. The molecule has 0 bridgehead atoms. The summed E-state index contributed by atoms with van der Waals surface area (Å²) in [5, 5.41) is 0. The standard InChI is InChI=1S/C27H35N3O2/c1-32-26-11-5-9-24(21-26)22-29-15-12-25(13-16-29)27(31)30-19-17-28(18-20-30)14-6-10-23-7-3-2-4-8-23/h2-11,21,25H,12-20,22H2,1H3/b10-6+. The van der Waals surface area contributed by atoms with Crippen molar-refractivity contribution in [3.63, 3.8) is 0 Å². The zero-order valence-electron chi connectivity index (χ0n) is 19.2. The molecule has 0 N–H and O–H groups in total. The van der Waals surface area contributed by atoms with Crippen LogP contribution in [0, 0.1) is 5.92 Å². The molecule has 0 aromatic heterocycles. The third-order valence-corrected chi connectivity index (χ3v) is 6.63. The lowest BCUT2D eigenvalue weighted by Gasteiger charge is -2.38. The van der Waals surface area contributed by atoms with Crippen LogP contribution in [0.2, 0.25) is 0 Å². The number of methoxy groups -OCH3 is 1. The average molecular weight is 434 g/mol. The van der Waals surface area contributed by atoms with E-state index in [0.717, 1.165) is 70.9 Å². The Kier molecular flexibility index (Phi) is 7.97. The minimum atomic E-state index is 0.182. The van der Waals surface area contributed by atoms with Gasteiger partial charge in [0, 0.05) is 45.2 Å². The highest BCUT2D eigenvalue weighted by Crippen LogP contribution is 2.23. The summed E-state index contributed by atoms with van der Waals surface area (Å²) in [6, 6.07) is 18.7. The maximum atomic E-state index is 13.1. The fourth-order valence-corrected chi connectivity index (χ4v) is 4.68. The molecule has 2 fully saturated rings. The van der Waals surface area contributed by atoms with Crippen LogP contribution in [0.25, 0.3) is 6.08 Å². The Hall–Kier alpha value is -2.63. The third kappa shape index (κ3) is 6.21. The molecule has 2 aliphatic heterocycles. The number of ether oxygens (including phenoxy) is 1. The molecule has 170 valence electrons. The highest BCUT2D eigenvalue weighted by atomic mass is 16.5. The van der Waals surface area contributed by atoms with Crippen molar-refractivity contribution in [2.45, 2.75) is 19.4 Å². The van der Waals surface area contributed by atoms with Gasteiger partial charge in [0.1, 0.15) is 5.75 Å². The maximum absolute atomic E-state index is 13.1. The molecule has 5 heteroatoms. The minimum Gasteiger partial charge on any atom is -0.497 e. The van der Waals surface area contributed by atoms with Crippen LogP contribution in [0.15, 0.2) is 60.7 Å². The van der Waals surface area contributed by atoms with Gasteiger partial charge >= 0.3 is 0 Å². The Morgan fingerprint density at radius 3 is 2.41 bits per heavy atom. The smallest absolute Gasteiger partial charge is 0.225 e. The first-order valence-corrected chi connectivity index (χ1v) is 11.8. The number of piperazine rings is 1. The van der Waals surface area contributed by atoms with Crippen LogP contribution in [0.4, 0.5) is 0 Å². The zero-order chi connectivity index (χ0) is 22.2. The molecule has 2 heterocycles. The summed E-state index contributed by atoms with van der Waals surface area (Å²) in [7, 11) is 1.71. The van der Waals surface area contributed by atoms with Gasteiger partial charge in [-0.1, -0.05) is 54.6 Å². The lowest BCUT2D eigenvalue weighted by atomic mass is 9.94. The van der Waals surface area contributed by atoms with E-state index < -0.39 is 0 Å². The molecule has 0 radical (unpaired) electrons. The van der Waals surface area contributed by atoms with Crippen molar-refractivity contribution < 1.29 is 9.53 Å². The van der Waals surface area contributed by atoms with Crippen molar-refractivity contribution in [1.29, 1.82) is 0 Å². The normalized spacial score (nSPS) is 18.8. The van der Waals surface area contributed by atoms with Crippen molar-refractivity contribution in [3.8, 4) is 5.75 Å². The summed E-state index contributed by atoms with van der Waals surface area (Å²) in [4.78, 5) is 20.0. The second-order valence-corrected chi connectivity index (χ2v) is 8.84. The average Bonchev–Trinajstić information content (AvgIpc) is 2.85. The Bertz CT molecular complexity index is 883. The molecule has 2 aliphatic rings. The summed E-state index contributed by atoms with van der Waals surface area (Å²) in [5.74, 6) is 1.45. The number of nitrogens with zero attached hydrogens (tertiary/aromatic N) is 3. The number of carbonyl (C=O) groups is 1. The van der Waals surface area contributed by atoms with E-state index in [0.29, 0.717) is 5.91 Å². The molecule has 2 saturated heterocycles. The summed E-state index contributed by atoms with van der Waals surface area (Å²) in [6.07, 6.45) is 6.33. The molecule has 4 rings (SSSR count). The molecule has 0 atom stereocenters. The van der Waals surface area contributed by atoms with E-state index in [4.69, 9.17) is 4.74 Å². The second kappa shape index (κ2) is 11.3. The number of hydrogen-bond acceptors (Lipinski definition) is 4. The number of benzene rings is 2. The van der Waals surface area contributed by atoms with Gasteiger partial charge in [-0.3, -0.25) is 14.6 Å². The van der Waals surface area contributed by atoms with E-state index in [1.807, 2.05) is 18.2 Å². The van der Waals surface area contributed by atoms with E-state index in [1.54, 1.807) is 7.11 Å². The molecule has 5 nitrogen and oxygen atoms in total. The molecule has 1 amide bonds. The molecular weight excluding hydrogens is 398 g/mol. The number of rotatable bonds is 7. The molecule has 2 aromatic carbocycles. The van der Waals surface area contributed by atoms with E-state index in [2.05, 4.69) is 63.2 Å². The first-order chi connectivity index (χ1) is 15.7. The van der Waals surface area contributed by atoms with Gasteiger partial charge < -0.3 is 9.64 Å². The topological polar surface area (TPSA) is 36.0 Å². The van der Waals surface area contributed by atoms with Crippen molar-refractivity contribution in [3.05, 3.63) is 71.8 Å². The van der Waals surface area contributed by atoms with Crippen molar-refractivity contribution in [2.75, 3.05) is 52.9 Å². The molecular formula is C27H35N3O2. The van der Waals surface area contributed by atoms with Gasteiger partial charge in [-0.25, -0.2) is 0 Å². The van der Waals surface area contributed by atoms with Crippen molar-refractivity contribution in [2.24, 2.45) is 5.92 Å². The van der Waals surface area contributed by atoms with Crippen LogP contribution in [-0.4, -0.2) is 73.5 Å². The molecule has 0 aliphatic carbocycles. The summed E-state index contributed by atoms with van der Waals surface area (Å²) < 4.78 is 5.33. The van der Waals surface area contributed by atoms with Gasteiger partial charge in [0.05, 0.1) is 7.11 Å². The van der Waals surface area contributed by atoms with Crippen LogP contribution in [-0.2, 0) is 11.3 Å². The lowest BCUT2D eigenvalue weighted by molar-refractivity contribution is -0.138. The Balaban J connectivity index is 1.17. The quantitative estimate of drug-likeness (QED) is 0.666. The second-order valence-electron chi connectivity index (χ2n) is 8.84. The van der Waals surface area contributed by atoms with E-state index in [1.165, 1.54) is 11.1 Å². The van der Waals surface area contributed by atoms with Crippen LogP contribution < -0.4 is 4.74 Å². The highest BCUT2D eigenvalue weighted by molar-refractivity contribution is 5.79. The molecule has 0 unspecified atom stereocenters. The lowest BCUT2D eigenvalue weighted by Crippen LogP contribution is -2.51. The van der Waals surface area contributed by atoms with Gasteiger partial charge in [-0.2, -0.15) is 0 Å². The van der Waals surface area contributed by atoms with E-state index >= 15 is 0 Å². The summed E-state index contributed by atoms with van der Waals surface area (Å²) in [5.41, 5.74) is 2.51. The number of hydrogen-bond donors (Lipinski definition) is 0. The van der Waals surface area contributed by atoms with E-state index in [-0.39, 0.29) is 5.92 Å². The third-order valence-electron chi connectivity index (χ3n) is 6.63.